The summed E-state index contributed by atoms with van der Waals surface area (Å²) in [6.45, 7) is 6.35. The standard InChI is InChI=1S/C11H22N2O/c1-3-8(2)13-10-4-9(12)5-11(13)7-14-6-10/h8-11H,3-7,12H2,1-2H3/t8?,9-,10-,11+. The van der Waals surface area contributed by atoms with Crippen molar-refractivity contribution in [2.24, 2.45) is 5.73 Å². The zero-order valence-corrected chi connectivity index (χ0v) is 9.28. The monoisotopic (exact) mass is 198 g/mol. The van der Waals surface area contributed by atoms with E-state index >= 15 is 0 Å². The molecular formula is C11H22N2O. The molecule has 1 unspecified atom stereocenters. The molecule has 0 aromatic heterocycles. The summed E-state index contributed by atoms with van der Waals surface area (Å²) in [5.41, 5.74) is 6.05. The van der Waals surface area contributed by atoms with Gasteiger partial charge in [0.15, 0.2) is 0 Å². The fraction of sp³-hybridized carbons (Fsp3) is 1.00. The molecule has 14 heavy (non-hydrogen) atoms. The molecule has 2 rings (SSSR count). The topological polar surface area (TPSA) is 38.5 Å². The van der Waals surface area contributed by atoms with Gasteiger partial charge in [0.1, 0.15) is 0 Å². The molecule has 2 N–H and O–H groups in total. The van der Waals surface area contributed by atoms with Crippen LogP contribution < -0.4 is 5.73 Å². The van der Waals surface area contributed by atoms with Crippen LogP contribution in [0.1, 0.15) is 33.1 Å². The number of rotatable bonds is 2. The summed E-state index contributed by atoms with van der Waals surface area (Å²) in [6.07, 6.45) is 3.45. The minimum atomic E-state index is 0.397. The van der Waals surface area contributed by atoms with Gasteiger partial charge in [-0.25, -0.2) is 0 Å². The molecule has 2 aliphatic heterocycles. The molecule has 2 fully saturated rings. The molecule has 2 saturated heterocycles. The van der Waals surface area contributed by atoms with Crippen LogP contribution in [0.3, 0.4) is 0 Å². The molecule has 0 amide bonds. The molecular weight excluding hydrogens is 176 g/mol. The van der Waals surface area contributed by atoms with Crippen molar-refractivity contribution in [2.45, 2.75) is 57.3 Å². The van der Waals surface area contributed by atoms with E-state index in [1.54, 1.807) is 0 Å². The summed E-state index contributed by atoms with van der Waals surface area (Å²) in [6, 6.07) is 2.23. The van der Waals surface area contributed by atoms with Gasteiger partial charge in [-0.1, -0.05) is 6.92 Å². The quantitative estimate of drug-likeness (QED) is 0.718. The normalized spacial score (nSPS) is 40.9. The molecule has 4 atom stereocenters. The van der Waals surface area contributed by atoms with Crippen molar-refractivity contribution in [3.63, 3.8) is 0 Å². The Bertz CT molecular complexity index is 184. The number of nitrogens with zero attached hydrogens (tertiary/aromatic N) is 1. The van der Waals surface area contributed by atoms with Gasteiger partial charge < -0.3 is 10.5 Å². The third kappa shape index (κ3) is 1.81. The second-order valence-electron chi connectivity index (χ2n) is 4.78. The van der Waals surface area contributed by atoms with Crippen molar-refractivity contribution < 1.29 is 4.74 Å². The van der Waals surface area contributed by atoms with Crippen LogP contribution in [0.15, 0.2) is 0 Å². The number of nitrogens with two attached hydrogens (primary N) is 1. The van der Waals surface area contributed by atoms with Crippen molar-refractivity contribution in [3.8, 4) is 0 Å². The van der Waals surface area contributed by atoms with Crippen LogP contribution in [0.25, 0.3) is 0 Å². The minimum absolute atomic E-state index is 0.397. The van der Waals surface area contributed by atoms with Crippen LogP contribution in [-0.4, -0.2) is 42.3 Å². The van der Waals surface area contributed by atoms with E-state index in [1.807, 2.05) is 0 Å². The smallest absolute Gasteiger partial charge is 0.0623 e. The van der Waals surface area contributed by atoms with Gasteiger partial charge >= 0.3 is 0 Å². The third-order valence-corrected chi connectivity index (χ3v) is 3.71. The molecule has 2 aliphatic rings. The Balaban J connectivity index is 2.08. The minimum Gasteiger partial charge on any atom is -0.378 e. The maximum atomic E-state index is 6.05. The predicted molar refractivity (Wildman–Crippen MR) is 57.2 cm³/mol. The predicted octanol–water partition coefficient (Wildman–Crippen LogP) is 0.975. The Morgan fingerprint density at radius 3 is 2.43 bits per heavy atom. The molecule has 2 bridgehead atoms. The molecule has 82 valence electrons. The Morgan fingerprint density at radius 1 is 1.36 bits per heavy atom. The van der Waals surface area contributed by atoms with Crippen molar-refractivity contribution >= 4 is 0 Å². The van der Waals surface area contributed by atoms with Gasteiger partial charge in [-0.2, -0.15) is 0 Å². The SMILES string of the molecule is CCC(C)N1[C@@H]2COC[C@H]1C[C@@H](N)C2. The molecule has 3 heteroatoms. The Kier molecular flexibility index (Phi) is 3.10. The highest BCUT2D eigenvalue weighted by molar-refractivity contribution is 4.94. The first-order valence-electron chi connectivity index (χ1n) is 5.83. The number of piperidine rings is 1. The summed E-state index contributed by atoms with van der Waals surface area (Å²) in [5, 5.41) is 0. The average Bonchev–Trinajstić information content (AvgIpc) is 2.15. The van der Waals surface area contributed by atoms with Gasteiger partial charge in [-0.05, 0) is 26.2 Å². The summed E-state index contributed by atoms with van der Waals surface area (Å²) < 4.78 is 5.61. The number of ether oxygens (including phenoxy) is 1. The number of morpholine rings is 1. The van der Waals surface area contributed by atoms with Gasteiger partial charge in [-0.3, -0.25) is 4.90 Å². The first-order chi connectivity index (χ1) is 6.72. The summed E-state index contributed by atoms with van der Waals surface area (Å²) >= 11 is 0. The van der Waals surface area contributed by atoms with E-state index in [2.05, 4.69) is 18.7 Å². The van der Waals surface area contributed by atoms with E-state index in [9.17, 15) is 0 Å². The number of hydrogen-bond acceptors (Lipinski definition) is 3. The van der Waals surface area contributed by atoms with E-state index in [-0.39, 0.29) is 0 Å². The maximum absolute atomic E-state index is 6.05. The van der Waals surface area contributed by atoms with Gasteiger partial charge in [0.25, 0.3) is 0 Å². The van der Waals surface area contributed by atoms with Gasteiger partial charge in [0.05, 0.1) is 13.2 Å². The lowest BCUT2D eigenvalue weighted by molar-refractivity contribution is -0.0949. The molecule has 0 spiro atoms. The molecule has 0 aromatic rings. The van der Waals surface area contributed by atoms with Crippen molar-refractivity contribution in [2.75, 3.05) is 13.2 Å². The van der Waals surface area contributed by atoms with Crippen LogP contribution in [0, 0.1) is 0 Å². The number of fused-ring (bicyclic) bond motifs is 2. The van der Waals surface area contributed by atoms with Crippen LogP contribution in [0.2, 0.25) is 0 Å². The van der Waals surface area contributed by atoms with E-state index in [4.69, 9.17) is 10.5 Å². The van der Waals surface area contributed by atoms with Crippen LogP contribution in [0.4, 0.5) is 0 Å². The Morgan fingerprint density at radius 2 is 1.93 bits per heavy atom. The van der Waals surface area contributed by atoms with E-state index in [0.29, 0.717) is 24.2 Å². The summed E-state index contributed by atoms with van der Waals surface area (Å²) in [7, 11) is 0. The average molecular weight is 198 g/mol. The highest BCUT2D eigenvalue weighted by Gasteiger charge is 2.39. The molecule has 0 aromatic carbocycles. The van der Waals surface area contributed by atoms with Crippen molar-refractivity contribution in [1.29, 1.82) is 0 Å². The fourth-order valence-electron chi connectivity index (χ4n) is 2.92. The summed E-state index contributed by atoms with van der Waals surface area (Å²) in [4.78, 5) is 2.65. The van der Waals surface area contributed by atoms with Gasteiger partial charge in [0.2, 0.25) is 0 Å². The first kappa shape index (κ1) is 10.4. The van der Waals surface area contributed by atoms with Crippen LogP contribution >= 0.6 is 0 Å². The second kappa shape index (κ2) is 4.17. The zero-order chi connectivity index (χ0) is 10.1. The lowest BCUT2D eigenvalue weighted by Gasteiger charge is -2.50. The first-order valence-corrected chi connectivity index (χ1v) is 5.83. The van der Waals surface area contributed by atoms with Crippen LogP contribution in [-0.2, 0) is 4.74 Å². The van der Waals surface area contributed by atoms with Gasteiger partial charge in [0, 0.05) is 24.2 Å². The highest BCUT2D eigenvalue weighted by atomic mass is 16.5. The number of hydrogen-bond donors (Lipinski definition) is 1. The van der Waals surface area contributed by atoms with E-state index in [0.717, 1.165) is 26.1 Å². The largest absolute Gasteiger partial charge is 0.378 e. The van der Waals surface area contributed by atoms with Crippen molar-refractivity contribution in [1.82, 2.24) is 4.90 Å². The van der Waals surface area contributed by atoms with Gasteiger partial charge in [-0.15, -0.1) is 0 Å². The van der Waals surface area contributed by atoms with Crippen LogP contribution in [0.5, 0.6) is 0 Å². The highest BCUT2D eigenvalue weighted by Crippen LogP contribution is 2.29. The third-order valence-electron chi connectivity index (χ3n) is 3.71. The zero-order valence-electron chi connectivity index (χ0n) is 9.28. The molecule has 0 saturated carbocycles. The molecule has 2 heterocycles. The summed E-state index contributed by atoms with van der Waals surface area (Å²) in [5.74, 6) is 0. The maximum Gasteiger partial charge on any atom is 0.0623 e. The molecule has 0 aliphatic carbocycles. The molecule has 0 radical (unpaired) electrons. The Labute approximate surface area is 86.6 Å². The lowest BCUT2D eigenvalue weighted by atomic mass is 9.89. The van der Waals surface area contributed by atoms with E-state index < -0.39 is 0 Å². The second-order valence-corrected chi connectivity index (χ2v) is 4.78. The van der Waals surface area contributed by atoms with E-state index in [1.165, 1.54) is 6.42 Å². The fourth-order valence-corrected chi connectivity index (χ4v) is 2.92. The lowest BCUT2D eigenvalue weighted by Crippen LogP contribution is -2.61. The van der Waals surface area contributed by atoms with Crippen molar-refractivity contribution in [3.05, 3.63) is 0 Å². The molecule has 3 nitrogen and oxygen atoms in total. The Hall–Kier alpha value is -0.120.